The Hall–Kier alpha value is -2.63. The molecule has 0 atom stereocenters. The monoisotopic (exact) mass is 422 g/mol. The molecular formula is C25H34N4O2. The summed E-state index contributed by atoms with van der Waals surface area (Å²) in [5.41, 5.74) is 3.59. The van der Waals surface area contributed by atoms with Crippen molar-refractivity contribution >= 4 is 11.8 Å². The summed E-state index contributed by atoms with van der Waals surface area (Å²) in [6.07, 6.45) is 7.21. The third kappa shape index (κ3) is 5.17. The summed E-state index contributed by atoms with van der Waals surface area (Å²) < 4.78 is 1.92. The SMILES string of the molecule is Cc1nn(Cc2ccccc2)c(C)c1C(=O)N1CCC(NC(=O)CC2CCCC2)CC1. The molecule has 0 bridgehead atoms. The molecule has 1 aromatic carbocycles. The third-order valence-corrected chi connectivity index (χ3v) is 6.87. The van der Waals surface area contributed by atoms with Crippen LogP contribution in [0.3, 0.4) is 0 Å². The highest BCUT2D eigenvalue weighted by Crippen LogP contribution is 2.27. The maximum Gasteiger partial charge on any atom is 0.257 e. The summed E-state index contributed by atoms with van der Waals surface area (Å²) in [6.45, 7) is 5.91. The van der Waals surface area contributed by atoms with Gasteiger partial charge in [-0.05, 0) is 51.0 Å². The number of piperidine rings is 1. The maximum atomic E-state index is 13.3. The van der Waals surface area contributed by atoms with Crippen LogP contribution < -0.4 is 5.32 Å². The third-order valence-electron chi connectivity index (χ3n) is 6.87. The number of aromatic nitrogens is 2. The predicted octanol–water partition coefficient (Wildman–Crippen LogP) is 3.85. The molecule has 31 heavy (non-hydrogen) atoms. The van der Waals surface area contributed by atoms with Crippen LogP contribution in [0.1, 0.15) is 72.3 Å². The number of hydrogen-bond donors (Lipinski definition) is 1. The van der Waals surface area contributed by atoms with Gasteiger partial charge in [-0.25, -0.2) is 0 Å². The molecule has 1 saturated heterocycles. The first-order valence-corrected chi connectivity index (χ1v) is 11.7. The van der Waals surface area contributed by atoms with Crippen molar-refractivity contribution < 1.29 is 9.59 Å². The second-order valence-corrected chi connectivity index (χ2v) is 9.18. The molecule has 6 nitrogen and oxygen atoms in total. The molecule has 166 valence electrons. The minimum atomic E-state index is 0.0602. The van der Waals surface area contributed by atoms with Crippen LogP contribution in [0, 0.1) is 19.8 Å². The normalized spacial score (nSPS) is 17.8. The van der Waals surface area contributed by atoms with Crippen molar-refractivity contribution in [1.82, 2.24) is 20.0 Å². The van der Waals surface area contributed by atoms with Crippen molar-refractivity contribution in [2.24, 2.45) is 5.92 Å². The number of amides is 2. The zero-order valence-electron chi connectivity index (χ0n) is 18.8. The summed E-state index contributed by atoms with van der Waals surface area (Å²) in [5.74, 6) is 0.815. The molecule has 0 unspecified atom stereocenters. The average molecular weight is 423 g/mol. The lowest BCUT2D eigenvalue weighted by Crippen LogP contribution is -2.47. The summed E-state index contributed by atoms with van der Waals surface area (Å²) in [5, 5.41) is 7.84. The van der Waals surface area contributed by atoms with Crippen LogP contribution in [0.15, 0.2) is 30.3 Å². The van der Waals surface area contributed by atoms with Crippen LogP contribution in [-0.2, 0) is 11.3 Å². The number of carbonyl (C=O) groups is 2. The Kier molecular flexibility index (Phi) is 6.73. The summed E-state index contributed by atoms with van der Waals surface area (Å²) in [7, 11) is 0. The van der Waals surface area contributed by atoms with E-state index >= 15 is 0 Å². The standard InChI is InChI=1S/C25H34N4O2/c1-18-24(19(2)29(27-18)17-21-10-4-3-5-11-21)25(31)28-14-12-22(13-15-28)26-23(30)16-20-8-6-7-9-20/h3-5,10-11,20,22H,6-9,12-17H2,1-2H3,(H,26,30). The van der Waals surface area contributed by atoms with Gasteiger partial charge in [-0.1, -0.05) is 43.2 Å². The second kappa shape index (κ2) is 9.67. The van der Waals surface area contributed by atoms with E-state index in [0.717, 1.165) is 29.8 Å². The van der Waals surface area contributed by atoms with Gasteiger partial charge in [0.2, 0.25) is 5.91 Å². The van der Waals surface area contributed by atoms with Gasteiger partial charge in [-0.2, -0.15) is 5.10 Å². The Bertz CT molecular complexity index is 907. The molecule has 1 aromatic heterocycles. The Labute approximate surface area is 185 Å². The van der Waals surface area contributed by atoms with E-state index in [9.17, 15) is 9.59 Å². The fraction of sp³-hybridized carbons (Fsp3) is 0.560. The van der Waals surface area contributed by atoms with Crippen LogP contribution in [0.2, 0.25) is 0 Å². The van der Waals surface area contributed by atoms with Gasteiger partial charge in [0.1, 0.15) is 0 Å². The van der Waals surface area contributed by atoms with Crippen molar-refractivity contribution in [3.05, 3.63) is 52.8 Å². The van der Waals surface area contributed by atoms with Crippen molar-refractivity contribution in [3.63, 3.8) is 0 Å². The van der Waals surface area contributed by atoms with Gasteiger partial charge in [-0.3, -0.25) is 14.3 Å². The number of aryl methyl sites for hydroxylation is 1. The second-order valence-electron chi connectivity index (χ2n) is 9.18. The first-order chi connectivity index (χ1) is 15.0. The first kappa shape index (κ1) is 21.6. The number of carbonyl (C=O) groups excluding carboxylic acids is 2. The number of rotatable bonds is 6. The van der Waals surface area contributed by atoms with E-state index in [1.165, 1.54) is 31.2 Å². The van der Waals surface area contributed by atoms with Crippen LogP contribution in [0.4, 0.5) is 0 Å². The number of nitrogens with one attached hydrogen (secondary N) is 1. The molecule has 6 heteroatoms. The molecule has 4 rings (SSSR count). The van der Waals surface area contributed by atoms with E-state index in [1.54, 1.807) is 0 Å². The van der Waals surface area contributed by atoms with Crippen LogP contribution in [0.5, 0.6) is 0 Å². The van der Waals surface area contributed by atoms with E-state index < -0.39 is 0 Å². The van der Waals surface area contributed by atoms with E-state index in [4.69, 9.17) is 0 Å². The van der Waals surface area contributed by atoms with E-state index in [0.29, 0.717) is 32.0 Å². The van der Waals surface area contributed by atoms with Crippen molar-refractivity contribution in [1.29, 1.82) is 0 Å². The molecular weight excluding hydrogens is 388 g/mol. The van der Waals surface area contributed by atoms with Crippen LogP contribution >= 0.6 is 0 Å². The number of hydrogen-bond acceptors (Lipinski definition) is 3. The summed E-state index contributed by atoms with van der Waals surface area (Å²) in [4.78, 5) is 27.5. The highest BCUT2D eigenvalue weighted by atomic mass is 16.2. The van der Waals surface area contributed by atoms with E-state index in [-0.39, 0.29) is 17.9 Å². The van der Waals surface area contributed by atoms with Gasteiger partial charge < -0.3 is 10.2 Å². The Morgan fingerprint density at radius 1 is 1.03 bits per heavy atom. The van der Waals surface area contributed by atoms with Gasteiger partial charge in [-0.15, -0.1) is 0 Å². The van der Waals surface area contributed by atoms with Gasteiger partial charge in [0, 0.05) is 31.2 Å². The zero-order chi connectivity index (χ0) is 21.8. The summed E-state index contributed by atoms with van der Waals surface area (Å²) in [6, 6.07) is 10.4. The highest BCUT2D eigenvalue weighted by molar-refractivity contribution is 5.96. The summed E-state index contributed by atoms with van der Waals surface area (Å²) >= 11 is 0. The molecule has 2 aromatic rings. The predicted molar refractivity (Wildman–Crippen MR) is 121 cm³/mol. The topological polar surface area (TPSA) is 67.2 Å². The minimum absolute atomic E-state index is 0.0602. The number of likely N-dealkylation sites (tertiary alicyclic amines) is 1. The van der Waals surface area contributed by atoms with E-state index in [2.05, 4.69) is 22.5 Å². The quantitative estimate of drug-likeness (QED) is 0.769. The smallest absolute Gasteiger partial charge is 0.257 e. The molecule has 2 heterocycles. The van der Waals surface area contributed by atoms with Gasteiger partial charge in [0.05, 0.1) is 17.8 Å². The number of nitrogens with zero attached hydrogens (tertiary/aromatic N) is 3. The van der Waals surface area contributed by atoms with Crippen LogP contribution in [-0.4, -0.2) is 45.6 Å². The van der Waals surface area contributed by atoms with Crippen molar-refractivity contribution in [3.8, 4) is 0 Å². The lowest BCUT2D eigenvalue weighted by molar-refractivity contribution is -0.122. The molecule has 1 N–H and O–H groups in total. The molecule has 2 fully saturated rings. The lowest BCUT2D eigenvalue weighted by atomic mass is 10.0. The molecule has 1 aliphatic heterocycles. The van der Waals surface area contributed by atoms with Gasteiger partial charge in [0.25, 0.3) is 5.91 Å². The maximum absolute atomic E-state index is 13.3. The Morgan fingerprint density at radius 3 is 2.39 bits per heavy atom. The largest absolute Gasteiger partial charge is 0.353 e. The average Bonchev–Trinajstić information content (AvgIpc) is 3.36. The molecule has 2 aliphatic rings. The minimum Gasteiger partial charge on any atom is -0.353 e. The molecule has 0 spiro atoms. The first-order valence-electron chi connectivity index (χ1n) is 11.7. The van der Waals surface area contributed by atoms with Crippen LogP contribution in [0.25, 0.3) is 0 Å². The van der Waals surface area contributed by atoms with Gasteiger partial charge >= 0.3 is 0 Å². The fourth-order valence-electron chi connectivity index (χ4n) is 5.07. The zero-order valence-corrected chi connectivity index (χ0v) is 18.8. The number of benzene rings is 1. The molecule has 2 amide bonds. The lowest BCUT2D eigenvalue weighted by Gasteiger charge is -2.32. The van der Waals surface area contributed by atoms with Crippen molar-refractivity contribution in [2.45, 2.75) is 71.4 Å². The Balaban J connectivity index is 1.32. The van der Waals surface area contributed by atoms with E-state index in [1.807, 2.05) is 41.6 Å². The van der Waals surface area contributed by atoms with Gasteiger partial charge in [0.15, 0.2) is 0 Å². The fourth-order valence-corrected chi connectivity index (χ4v) is 5.07. The molecule has 0 radical (unpaired) electrons. The molecule has 1 saturated carbocycles. The Morgan fingerprint density at radius 2 is 1.71 bits per heavy atom. The molecule has 1 aliphatic carbocycles. The highest BCUT2D eigenvalue weighted by Gasteiger charge is 2.29. The van der Waals surface area contributed by atoms with Crippen molar-refractivity contribution in [2.75, 3.05) is 13.1 Å².